The Kier molecular flexibility index (Phi) is 7.35. The maximum absolute atomic E-state index is 5.98. The quantitative estimate of drug-likeness (QED) is 0.688. The number of rotatable bonds is 2. The Hall–Kier alpha value is -0.420. The van der Waals surface area contributed by atoms with Crippen molar-refractivity contribution >= 4 is 34.7 Å². The number of nitrogens with one attached hydrogen (secondary N) is 1. The molecule has 0 aromatic heterocycles. The number of nitrogens with zero attached hydrogens (tertiary/aromatic N) is 2. The third-order valence-corrected chi connectivity index (χ3v) is 7.12. The van der Waals surface area contributed by atoms with Gasteiger partial charge in [0.25, 0.3) is 0 Å². The number of likely N-dealkylation sites (tertiary alicyclic amines) is 1. The molecule has 0 bridgehead atoms. The predicted octanol–water partition coefficient (Wildman–Crippen LogP) is 4.85. The number of hydrogen-bond donors (Lipinski definition) is 1. The van der Waals surface area contributed by atoms with Gasteiger partial charge in [0, 0.05) is 25.2 Å². The zero-order valence-electron chi connectivity index (χ0n) is 15.8. The maximum Gasteiger partial charge on any atom is 0.178 e. The van der Waals surface area contributed by atoms with Crippen LogP contribution in [0.25, 0.3) is 0 Å². The van der Waals surface area contributed by atoms with E-state index in [9.17, 15) is 0 Å². The SMILES string of the molecule is CC1CCN(C(=S)N(C(=S)NC2CCCCC2)C2CCCCC2)CC1. The van der Waals surface area contributed by atoms with Gasteiger partial charge in [-0.1, -0.05) is 45.4 Å². The van der Waals surface area contributed by atoms with Crippen LogP contribution in [0.15, 0.2) is 0 Å². The van der Waals surface area contributed by atoms with E-state index in [1.165, 1.54) is 77.0 Å². The van der Waals surface area contributed by atoms with E-state index < -0.39 is 0 Å². The standard InChI is InChI=1S/C20H35N3S2/c1-16-12-14-22(15-13-16)20(25)23(18-10-6-3-7-11-18)19(24)21-17-8-4-2-5-9-17/h16-18H,2-15H2,1H3,(H,21,24). The summed E-state index contributed by atoms with van der Waals surface area (Å²) in [7, 11) is 0. The van der Waals surface area contributed by atoms with Crippen molar-refractivity contribution in [1.82, 2.24) is 15.1 Å². The second kappa shape index (κ2) is 9.50. The average Bonchev–Trinajstić information content (AvgIpc) is 2.64. The van der Waals surface area contributed by atoms with E-state index in [4.69, 9.17) is 24.4 Å². The van der Waals surface area contributed by atoms with E-state index in [0.717, 1.165) is 29.2 Å². The van der Waals surface area contributed by atoms with Gasteiger partial charge in [0.1, 0.15) is 0 Å². The predicted molar refractivity (Wildman–Crippen MR) is 114 cm³/mol. The van der Waals surface area contributed by atoms with Crippen molar-refractivity contribution in [2.24, 2.45) is 5.92 Å². The molecule has 5 heteroatoms. The van der Waals surface area contributed by atoms with Crippen LogP contribution in [0.3, 0.4) is 0 Å². The molecule has 0 spiro atoms. The minimum atomic E-state index is 0.504. The van der Waals surface area contributed by atoms with Crippen molar-refractivity contribution in [3.63, 3.8) is 0 Å². The molecule has 1 N–H and O–H groups in total. The smallest absolute Gasteiger partial charge is 0.178 e. The molecule has 0 amide bonds. The maximum atomic E-state index is 5.98. The normalized spacial score (nSPS) is 24.1. The first-order valence-electron chi connectivity index (χ1n) is 10.5. The summed E-state index contributed by atoms with van der Waals surface area (Å²) in [6.07, 6.45) is 15.5. The summed E-state index contributed by atoms with van der Waals surface area (Å²) in [5.74, 6) is 0.828. The van der Waals surface area contributed by atoms with Gasteiger partial charge in [0.05, 0.1) is 0 Å². The van der Waals surface area contributed by atoms with Gasteiger partial charge in [0.2, 0.25) is 0 Å². The highest BCUT2D eigenvalue weighted by molar-refractivity contribution is 7.81. The number of hydrogen-bond acceptors (Lipinski definition) is 2. The first kappa shape index (κ1) is 19.3. The molecule has 0 unspecified atom stereocenters. The number of piperidine rings is 1. The van der Waals surface area contributed by atoms with E-state index in [1.54, 1.807) is 0 Å². The van der Waals surface area contributed by atoms with Crippen molar-refractivity contribution in [3.05, 3.63) is 0 Å². The van der Waals surface area contributed by atoms with E-state index in [1.807, 2.05) is 0 Å². The van der Waals surface area contributed by atoms with Crippen molar-refractivity contribution < 1.29 is 0 Å². The zero-order valence-corrected chi connectivity index (χ0v) is 17.5. The summed E-state index contributed by atoms with van der Waals surface area (Å²) in [6, 6.07) is 1.06. The summed E-state index contributed by atoms with van der Waals surface area (Å²) in [5.41, 5.74) is 0. The Morgan fingerprint density at radius 1 is 0.840 bits per heavy atom. The van der Waals surface area contributed by atoms with Crippen LogP contribution >= 0.6 is 24.4 Å². The van der Waals surface area contributed by atoms with Gasteiger partial charge in [-0.15, -0.1) is 0 Å². The lowest BCUT2D eigenvalue weighted by Gasteiger charge is -2.43. The Bertz CT molecular complexity index is 448. The molecule has 1 saturated heterocycles. The largest absolute Gasteiger partial charge is 0.359 e. The third kappa shape index (κ3) is 5.29. The van der Waals surface area contributed by atoms with Crippen LogP contribution in [0.1, 0.15) is 84.0 Å². The second-order valence-electron chi connectivity index (χ2n) is 8.40. The van der Waals surface area contributed by atoms with Gasteiger partial charge in [-0.25, -0.2) is 0 Å². The average molecular weight is 382 g/mol. The molecule has 0 atom stereocenters. The fraction of sp³-hybridized carbons (Fsp3) is 0.900. The van der Waals surface area contributed by atoms with Gasteiger partial charge < -0.3 is 10.2 Å². The monoisotopic (exact) mass is 381 g/mol. The fourth-order valence-electron chi connectivity index (χ4n) is 4.59. The van der Waals surface area contributed by atoms with Gasteiger partial charge in [-0.05, 0) is 68.9 Å². The minimum Gasteiger partial charge on any atom is -0.359 e. The highest BCUT2D eigenvalue weighted by Gasteiger charge is 2.31. The van der Waals surface area contributed by atoms with Crippen LogP contribution in [0.2, 0.25) is 0 Å². The first-order chi connectivity index (χ1) is 12.1. The van der Waals surface area contributed by atoms with E-state index >= 15 is 0 Å². The van der Waals surface area contributed by atoms with E-state index in [2.05, 4.69) is 22.0 Å². The van der Waals surface area contributed by atoms with Crippen molar-refractivity contribution in [1.29, 1.82) is 0 Å². The van der Waals surface area contributed by atoms with Crippen LogP contribution in [-0.2, 0) is 0 Å². The molecule has 25 heavy (non-hydrogen) atoms. The lowest BCUT2D eigenvalue weighted by molar-refractivity contribution is 0.240. The highest BCUT2D eigenvalue weighted by atomic mass is 32.1. The summed E-state index contributed by atoms with van der Waals surface area (Å²) in [6.45, 7) is 4.54. The lowest BCUT2D eigenvalue weighted by atomic mass is 9.94. The first-order valence-corrected chi connectivity index (χ1v) is 11.4. The summed E-state index contributed by atoms with van der Waals surface area (Å²) in [4.78, 5) is 4.76. The summed E-state index contributed by atoms with van der Waals surface area (Å²) in [5, 5.41) is 5.59. The fourth-order valence-corrected chi connectivity index (χ4v) is 5.47. The number of thiocarbonyl (C=S) groups is 2. The Morgan fingerprint density at radius 2 is 1.40 bits per heavy atom. The van der Waals surface area contributed by atoms with Crippen molar-refractivity contribution in [3.8, 4) is 0 Å². The molecule has 1 heterocycles. The van der Waals surface area contributed by atoms with Gasteiger partial charge >= 0.3 is 0 Å². The van der Waals surface area contributed by atoms with Crippen LogP contribution < -0.4 is 5.32 Å². The van der Waals surface area contributed by atoms with Gasteiger partial charge in [0.15, 0.2) is 10.2 Å². The van der Waals surface area contributed by atoms with Crippen LogP contribution in [0.4, 0.5) is 0 Å². The molecule has 2 saturated carbocycles. The topological polar surface area (TPSA) is 18.5 Å². The van der Waals surface area contributed by atoms with E-state index in [-0.39, 0.29) is 0 Å². The Labute approximate surface area is 164 Å². The van der Waals surface area contributed by atoms with Gasteiger partial charge in [-0.2, -0.15) is 0 Å². The molecule has 0 aromatic rings. The molecule has 0 aromatic carbocycles. The van der Waals surface area contributed by atoms with Crippen LogP contribution in [0, 0.1) is 5.92 Å². The molecule has 1 aliphatic heterocycles. The lowest BCUT2D eigenvalue weighted by Crippen LogP contribution is -2.57. The van der Waals surface area contributed by atoms with Crippen LogP contribution in [-0.4, -0.2) is 45.2 Å². The zero-order chi connectivity index (χ0) is 17.6. The summed E-state index contributed by atoms with van der Waals surface area (Å²) >= 11 is 11.9. The molecule has 3 aliphatic rings. The Morgan fingerprint density at radius 3 is 2.00 bits per heavy atom. The summed E-state index contributed by atoms with van der Waals surface area (Å²) < 4.78 is 0. The molecule has 0 radical (unpaired) electrons. The van der Waals surface area contributed by atoms with Gasteiger partial charge in [-0.3, -0.25) is 4.90 Å². The van der Waals surface area contributed by atoms with Crippen molar-refractivity contribution in [2.75, 3.05) is 13.1 Å². The molecule has 3 rings (SSSR count). The third-order valence-electron chi connectivity index (χ3n) is 6.35. The minimum absolute atomic E-state index is 0.504. The second-order valence-corrected chi connectivity index (χ2v) is 9.15. The molecule has 3 fully saturated rings. The van der Waals surface area contributed by atoms with Crippen molar-refractivity contribution in [2.45, 2.75) is 96.1 Å². The molecular weight excluding hydrogens is 346 g/mol. The molecule has 3 nitrogen and oxygen atoms in total. The Balaban J connectivity index is 1.67. The van der Waals surface area contributed by atoms with Crippen LogP contribution in [0.5, 0.6) is 0 Å². The molecule has 2 aliphatic carbocycles. The molecule has 142 valence electrons. The van der Waals surface area contributed by atoms with E-state index in [0.29, 0.717) is 12.1 Å². The highest BCUT2D eigenvalue weighted by Crippen LogP contribution is 2.26. The molecular formula is C20H35N3S2.